The fourth-order valence-corrected chi connectivity index (χ4v) is 4.10. The van der Waals surface area contributed by atoms with Gasteiger partial charge in [-0.1, -0.05) is 0 Å². The third kappa shape index (κ3) is 4.74. The number of amides is 1. The van der Waals surface area contributed by atoms with Crippen molar-refractivity contribution < 1.29 is 14.3 Å². The monoisotopic (exact) mass is 383 g/mol. The van der Waals surface area contributed by atoms with Crippen molar-refractivity contribution in [3.05, 3.63) is 0 Å². The summed E-state index contributed by atoms with van der Waals surface area (Å²) in [4.78, 5) is 17.7. The van der Waals surface area contributed by atoms with Gasteiger partial charge < -0.3 is 19.7 Å². The Morgan fingerprint density at radius 1 is 1.21 bits per heavy atom. The molecule has 8 heteroatoms. The van der Waals surface area contributed by atoms with E-state index in [4.69, 9.17) is 9.47 Å². The SMILES string of the molecule is COCC1(C(=O)N2CCC(N3CCOCC3)C2)CCNCC1.Cl.Cl. The summed E-state index contributed by atoms with van der Waals surface area (Å²) in [6, 6.07) is 0.508. The molecule has 0 aromatic carbocycles. The maximum atomic E-state index is 13.1. The zero-order valence-corrected chi connectivity index (χ0v) is 16.1. The van der Waals surface area contributed by atoms with Crippen LogP contribution in [0.2, 0.25) is 0 Å². The Morgan fingerprint density at radius 2 is 1.88 bits per heavy atom. The Kier molecular flexibility index (Phi) is 9.27. The normalized spacial score (nSPS) is 27.2. The predicted octanol–water partition coefficient (Wildman–Crippen LogP) is 0.779. The van der Waals surface area contributed by atoms with Gasteiger partial charge in [-0.15, -0.1) is 24.8 Å². The summed E-state index contributed by atoms with van der Waals surface area (Å²) in [7, 11) is 1.71. The molecule has 1 atom stereocenters. The first kappa shape index (κ1) is 21.9. The Labute approximate surface area is 157 Å². The van der Waals surface area contributed by atoms with Gasteiger partial charge in [0.15, 0.2) is 0 Å². The molecule has 0 aromatic heterocycles. The molecule has 3 rings (SSSR count). The Morgan fingerprint density at radius 3 is 2.50 bits per heavy atom. The molecule has 24 heavy (non-hydrogen) atoms. The van der Waals surface area contributed by atoms with E-state index in [2.05, 4.69) is 15.1 Å². The molecule has 0 radical (unpaired) electrons. The lowest BCUT2D eigenvalue weighted by molar-refractivity contribution is -0.146. The van der Waals surface area contributed by atoms with Crippen molar-refractivity contribution in [3.63, 3.8) is 0 Å². The molecule has 0 aliphatic carbocycles. The molecule has 142 valence electrons. The molecule has 3 fully saturated rings. The van der Waals surface area contributed by atoms with E-state index in [0.717, 1.165) is 71.7 Å². The first-order valence-corrected chi connectivity index (χ1v) is 8.56. The zero-order valence-electron chi connectivity index (χ0n) is 14.5. The van der Waals surface area contributed by atoms with E-state index < -0.39 is 0 Å². The average Bonchev–Trinajstić information content (AvgIpc) is 3.06. The van der Waals surface area contributed by atoms with Crippen molar-refractivity contribution in [2.75, 3.05) is 66.2 Å². The Balaban J connectivity index is 0.00000144. The number of ether oxygens (including phenoxy) is 2. The minimum Gasteiger partial charge on any atom is -0.384 e. The smallest absolute Gasteiger partial charge is 0.231 e. The lowest BCUT2D eigenvalue weighted by Gasteiger charge is -2.39. The lowest BCUT2D eigenvalue weighted by Crippen LogP contribution is -2.52. The van der Waals surface area contributed by atoms with Crippen LogP contribution in [0.15, 0.2) is 0 Å². The molecule has 3 aliphatic rings. The fourth-order valence-electron chi connectivity index (χ4n) is 4.10. The Hall–Kier alpha value is -0.110. The van der Waals surface area contributed by atoms with Crippen LogP contribution in [-0.4, -0.2) is 87.9 Å². The second kappa shape index (κ2) is 10.1. The number of carbonyl (C=O) groups excluding carboxylic acids is 1. The standard InChI is InChI=1S/C16H29N3O3.2ClH/c1-21-13-16(3-5-17-6-4-16)15(20)19-7-2-14(12-19)18-8-10-22-11-9-18;;/h14,17H,2-13H2,1H3;2*1H. The first-order valence-electron chi connectivity index (χ1n) is 8.56. The van der Waals surface area contributed by atoms with Crippen LogP contribution >= 0.6 is 24.8 Å². The number of nitrogens with one attached hydrogen (secondary N) is 1. The summed E-state index contributed by atoms with van der Waals surface area (Å²) in [5.41, 5.74) is -0.306. The van der Waals surface area contributed by atoms with E-state index in [9.17, 15) is 4.79 Å². The van der Waals surface area contributed by atoms with Crippen LogP contribution in [0.1, 0.15) is 19.3 Å². The summed E-state index contributed by atoms with van der Waals surface area (Å²) in [6.07, 6.45) is 2.86. The highest BCUT2D eigenvalue weighted by atomic mass is 35.5. The van der Waals surface area contributed by atoms with Gasteiger partial charge >= 0.3 is 0 Å². The van der Waals surface area contributed by atoms with Crippen LogP contribution in [0, 0.1) is 5.41 Å². The van der Waals surface area contributed by atoms with Crippen molar-refractivity contribution in [1.29, 1.82) is 0 Å². The van der Waals surface area contributed by atoms with Gasteiger partial charge in [-0.2, -0.15) is 0 Å². The number of halogens is 2. The highest BCUT2D eigenvalue weighted by Gasteiger charge is 2.44. The van der Waals surface area contributed by atoms with Gasteiger partial charge in [0.05, 0.1) is 25.2 Å². The molecular weight excluding hydrogens is 353 g/mol. The molecule has 0 bridgehead atoms. The highest BCUT2D eigenvalue weighted by molar-refractivity contribution is 5.85. The summed E-state index contributed by atoms with van der Waals surface area (Å²) in [5, 5.41) is 3.36. The van der Waals surface area contributed by atoms with E-state index in [1.807, 2.05) is 0 Å². The van der Waals surface area contributed by atoms with Gasteiger partial charge in [0.1, 0.15) is 0 Å². The molecule has 0 aromatic rings. The molecule has 3 aliphatic heterocycles. The quantitative estimate of drug-likeness (QED) is 0.777. The Bertz CT molecular complexity index is 383. The van der Waals surface area contributed by atoms with Crippen molar-refractivity contribution in [2.24, 2.45) is 5.41 Å². The molecule has 3 saturated heterocycles. The van der Waals surface area contributed by atoms with Crippen LogP contribution in [0.25, 0.3) is 0 Å². The zero-order chi connectivity index (χ0) is 15.4. The highest BCUT2D eigenvalue weighted by Crippen LogP contribution is 2.33. The molecule has 1 amide bonds. The lowest BCUT2D eigenvalue weighted by atomic mass is 9.78. The third-order valence-corrected chi connectivity index (χ3v) is 5.45. The number of carbonyl (C=O) groups is 1. The van der Waals surface area contributed by atoms with E-state index in [0.29, 0.717) is 18.6 Å². The number of likely N-dealkylation sites (tertiary alicyclic amines) is 1. The molecular formula is C16H31Cl2N3O3. The van der Waals surface area contributed by atoms with Crippen molar-refractivity contribution >= 4 is 30.7 Å². The summed E-state index contributed by atoms with van der Waals surface area (Å²) in [5.74, 6) is 0.312. The van der Waals surface area contributed by atoms with Crippen LogP contribution in [0.4, 0.5) is 0 Å². The summed E-state index contributed by atoms with van der Waals surface area (Å²) >= 11 is 0. The second-order valence-electron chi connectivity index (χ2n) is 6.81. The van der Waals surface area contributed by atoms with E-state index >= 15 is 0 Å². The number of rotatable bonds is 4. The van der Waals surface area contributed by atoms with E-state index in [-0.39, 0.29) is 30.2 Å². The molecule has 6 nitrogen and oxygen atoms in total. The topological polar surface area (TPSA) is 54.0 Å². The van der Waals surface area contributed by atoms with Crippen LogP contribution in [0.3, 0.4) is 0 Å². The predicted molar refractivity (Wildman–Crippen MR) is 98.3 cm³/mol. The minimum absolute atomic E-state index is 0. The number of hydrogen-bond donors (Lipinski definition) is 1. The van der Waals surface area contributed by atoms with Gasteiger partial charge in [-0.05, 0) is 32.4 Å². The molecule has 1 N–H and O–H groups in total. The van der Waals surface area contributed by atoms with Gasteiger partial charge in [0.2, 0.25) is 5.91 Å². The second-order valence-corrected chi connectivity index (χ2v) is 6.81. The van der Waals surface area contributed by atoms with E-state index in [1.165, 1.54) is 0 Å². The molecule has 0 spiro atoms. The number of piperidine rings is 1. The molecule has 3 heterocycles. The number of hydrogen-bond acceptors (Lipinski definition) is 5. The van der Waals surface area contributed by atoms with Gasteiger partial charge in [-0.3, -0.25) is 9.69 Å². The largest absolute Gasteiger partial charge is 0.384 e. The minimum atomic E-state index is -0.306. The fraction of sp³-hybridized carbons (Fsp3) is 0.938. The number of nitrogens with zero attached hydrogens (tertiary/aromatic N) is 2. The summed E-state index contributed by atoms with van der Waals surface area (Å²) in [6.45, 7) is 7.78. The third-order valence-electron chi connectivity index (χ3n) is 5.45. The summed E-state index contributed by atoms with van der Waals surface area (Å²) < 4.78 is 10.8. The van der Waals surface area contributed by atoms with Crippen molar-refractivity contribution in [3.8, 4) is 0 Å². The average molecular weight is 384 g/mol. The van der Waals surface area contributed by atoms with Crippen LogP contribution in [0.5, 0.6) is 0 Å². The first-order chi connectivity index (χ1) is 10.7. The van der Waals surface area contributed by atoms with Gasteiger partial charge in [0, 0.05) is 39.3 Å². The maximum Gasteiger partial charge on any atom is 0.231 e. The maximum absolute atomic E-state index is 13.1. The van der Waals surface area contributed by atoms with Crippen molar-refractivity contribution in [1.82, 2.24) is 15.1 Å². The molecule has 0 saturated carbocycles. The van der Waals surface area contributed by atoms with Gasteiger partial charge in [0.25, 0.3) is 0 Å². The number of methoxy groups -OCH3 is 1. The van der Waals surface area contributed by atoms with Gasteiger partial charge in [-0.25, -0.2) is 0 Å². The number of morpholine rings is 1. The van der Waals surface area contributed by atoms with E-state index in [1.54, 1.807) is 7.11 Å². The van der Waals surface area contributed by atoms with Crippen LogP contribution < -0.4 is 5.32 Å². The van der Waals surface area contributed by atoms with Crippen LogP contribution in [-0.2, 0) is 14.3 Å². The van der Waals surface area contributed by atoms with Crippen molar-refractivity contribution in [2.45, 2.75) is 25.3 Å². The molecule has 1 unspecified atom stereocenters.